The van der Waals surface area contributed by atoms with Gasteiger partial charge in [-0.2, -0.15) is 0 Å². The zero-order chi connectivity index (χ0) is 10.4. The summed E-state index contributed by atoms with van der Waals surface area (Å²) in [5, 5.41) is 18.1. The standard InChI is InChI=1S/C7H11ClN4O2/c8-4-6-5-10-11-12(6)3-1-2-9-7(13)14/h5,9H,1-4H2,(H,13,14). The van der Waals surface area contributed by atoms with Gasteiger partial charge >= 0.3 is 6.09 Å². The molecule has 1 rings (SSSR count). The Hall–Kier alpha value is -1.30. The van der Waals surface area contributed by atoms with Gasteiger partial charge in [0, 0.05) is 13.1 Å². The van der Waals surface area contributed by atoms with Crippen LogP contribution in [0.3, 0.4) is 0 Å². The summed E-state index contributed by atoms with van der Waals surface area (Å²) in [6, 6.07) is 0. The fourth-order valence-corrected chi connectivity index (χ4v) is 1.20. The van der Waals surface area contributed by atoms with E-state index in [2.05, 4.69) is 15.6 Å². The molecule has 0 fully saturated rings. The zero-order valence-electron chi connectivity index (χ0n) is 7.48. The summed E-state index contributed by atoms with van der Waals surface area (Å²) in [6.07, 6.45) is 1.25. The molecule has 0 aliphatic heterocycles. The molecular weight excluding hydrogens is 208 g/mol. The minimum atomic E-state index is -1.01. The fraction of sp³-hybridized carbons (Fsp3) is 0.571. The van der Waals surface area contributed by atoms with Gasteiger partial charge in [0.25, 0.3) is 0 Å². The first-order valence-electron chi connectivity index (χ1n) is 4.14. The summed E-state index contributed by atoms with van der Waals surface area (Å²) in [5.41, 5.74) is 0.835. The molecule has 0 bridgehead atoms. The number of rotatable bonds is 5. The molecule has 1 aromatic heterocycles. The summed E-state index contributed by atoms with van der Waals surface area (Å²) >= 11 is 5.63. The van der Waals surface area contributed by atoms with Crippen molar-refractivity contribution in [3.8, 4) is 0 Å². The SMILES string of the molecule is O=C(O)NCCCn1nncc1CCl. The quantitative estimate of drug-likeness (QED) is 0.563. The Kier molecular flexibility index (Phi) is 4.18. The Morgan fingerprint density at radius 2 is 2.50 bits per heavy atom. The van der Waals surface area contributed by atoms with Crippen LogP contribution in [0.1, 0.15) is 12.1 Å². The number of hydrogen-bond acceptors (Lipinski definition) is 3. The first-order chi connectivity index (χ1) is 6.74. The number of carboxylic acid groups (broad SMARTS) is 1. The van der Waals surface area contributed by atoms with Crippen LogP contribution in [-0.4, -0.2) is 32.7 Å². The third kappa shape index (κ3) is 3.21. The van der Waals surface area contributed by atoms with Gasteiger partial charge in [-0.3, -0.25) is 0 Å². The maximum absolute atomic E-state index is 10.1. The lowest BCUT2D eigenvalue weighted by molar-refractivity contribution is 0.194. The molecule has 0 radical (unpaired) electrons. The third-order valence-electron chi connectivity index (χ3n) is 1.66. The second-order valence-corrected chi connectivity index (χ2v) is 2.93. The van der Waals surface area contributed by atoms with Crippen LogP contribution in [0.4, 0.5) is 4.79 Å². The van der Waals surface area contributed by atoms with Gasteiger partial charge in [0.1, 0.15) is 0 Å². The molecule has 0 spiro atoms. The Balaban J connectivity index is 2.27. The van der Waals surface area contributed by atoms with Gasteiger partial charge in [0.15, 0.2) is 0 Å². The average Bonchev–Trinajstić information content (AvgIpc) is 2.59. The summed E-state index contributed by atoms with van der Waals surface area (Å²) in [6.45, 7) is 1.01. The Labute approximate surface area is 85.9 Å². The number of carbonyl (C=O) groups is 1. The van der Waals surface area contributed by atoms with Crippen LogP contribution in [0.5, 0.6) is 0 Å². The lowest BCUT2D eigenvalue weighted by atomic mass is 10.4. The van der Waals surface area contributed by atoms with E-state index in [1.54, 1.807) is 10.9 Å². The number of nitrogens with one attached hydrogen (secondary N) is 1. The summed E-state index contributed by atoms with van der Waals surface area (Å²) in [4.78, 5) is 10.1. The van der Waals surface area contributed by atoms with Crippen molar-refractivity contribution in [3.05, 3.63) is 11.9 Å². The number of aromatic nitrogens is 3. The van der Waals surface area contributed by atoms with Gasteiger partial charge < -0.3 is 10.4 Å². The zero-order valence-corrected chi connectivity index (χ0v) is 8.24. The molecule has 0 unspecified atom stereocenters. The van der Waals surface area contributed by atoms with Crippen molar-refractivity contribution in [3.63, 3.8) is 0 Å². The highest BCUT2D eigenvalue weighted by molar-refractivity contribution is 6.16. The van der Waals surface area contributed by atoms with Crippen molar-refractivity contribution in [2.75, 3.05) is 6.54 Å². The van der Waals surface area contributed by atoms with Crippen LogP contribution in [0.25, 0.3) is 0 Å². The highest BCUT2D eigenvalue weighted by atomic mass is 35.5. The van der Waals surface area contributed by atoms with Crippen LogP contribution in [0, 0.1) is 0 Å². The topological polar surface area (TPSA) is 80.0 Å². The van der Waals surface area contributed by atoms with Crippen molar-refractivity contribution >= 4 is 17.7 Å². The van der Waals surface area contributed by atoms with Crippen LogP contribution in [0.15, 0.2) is 6.20 Å². The number of hydrogen-bond donors (Lipinski definition) is 2. The monoisotopic (exact) mass is 218 g/mol. The molecule has 1 aromatic rings. The lowest BCUT2D eigenvalue weighted by Gasteiger charge is -2.03. The Bertz CT molecular complexity index is 302. The second kappa shape index (κ2) is 5.43. The van der Waals surface area contributed by atoms with Gasteiger partial charge in [-0.15, -0.1) is 16.7 Å². The predicted molar refractivity (Wildman–Crippen MR) is 50.2 cm³/mol. The molecule has 2 N–H and O–H groups in total. The van der Waals surface area contributed by atoms with E-state index in [1.165, 1.54) is 0 Å². The predicted octanol–water partition coefficient (Wildman–Crippen LogP) is 0.675. The van der Waals surface area contributed by atoms with Crippen molar-refractivity contribution < 1.29 is 9.90 Å². The molecule has 78 valence electrons. The molecule has 6 nitrogen and oxygen atoms in total. The molecule has 0 atom stereocenters. The third-order valence-corrected chi connectivity index (χ3v) is 1.93. The van der Waals surface area contributed by atoms with E-state index < -0.39 is 6.09 Å². The smallest absolute Gasteiger partial charge is 0.404 e. The summed E-state index contributed by atoms with van der Waals surface area (Å²) in [7, 11) is 0. The van der Waals surface area contributed by atoms with Crippen LogP contribution in [0.2, 0.25) is 0 Å². The lowest BCUT2D eigenvalue weighted by Crippen LogP contribution is -2.23. The van der Waals surface area contributed by atoms with Gasteiger partial charge in [-0.05, 0) is 6.42 Å². The molecule has 0 saturated carbocycles. The van der Waals surface area contributed by atoms with E-state index in [1.807, 2.05) is 0 Å². The van der Waals surface area contributed by atoms with Gasteiger partial charge in [-0.25, -0.2) is 9.48 Å². The average molecular weight is 219 g/mol. The van der Waals surface area contributed by atoms with E-state index in [0.29, 0.717) is 25.4 Å². The number of nitrogens with zero attached hydrogens (tertiary/aromatic N) is 3. The van der Waals surface area contributed by atoms with Crippen molar-refractivity contribution in [1.29, 1.82) is 0 Å². The van der Waals surface area contributed by atoms with E-state index in [4.69, 9.17) is 16.7 Å². The largest absolute Gasteiger partial charge is 0.465 e. The van der Waals surface area contributed by atoms with Crippen LogP contribution in [-0.2, 0) is 12.4 Å². The van der Waals surface area contributed by atoms with E-state index in [0.717, 1.165) is 5.69 Å². The molecule has 0 aliphatic rings. The maximum atomic E-state index is 10.1. The second-order valence-electron chi connectivity index (χ2n) is 2.67. The summed E-state index contributed by atoms with van der Waals surface area (Å²) < 4.78 is 1.66. The normalized spacial score (nSPS) is 10.1. The molecule has 0 saturated heterocycles. The highest BCUT2D eigenvalue weighted by Gasteiger charge is 2.01. The van der Waals surface area contributed by atoms with Crippen LogP contribution >= 0.6 is 11.6 Å². The van der Waals surface area contributed by atoms with Crippen molar-refractivity contribution in [2.24, 2.45) is 0 Å². The number of amides is 1. The van der Waals surface area contributed by atoms with E-state index in [9.17, 15) is 4.79 Å². The van der Waals surface area contributed by atoms with Gasteiger partial charge in [-0.1, -0.05) is 5.21 Å². The number of alkyl halides is 1. The van der Waals surface area contributed by atoms with Crippen molar-refractivity contribution in [1.82, 2.24) is 20.3 Å². The molecule has 1 amide bonds. The molecule has 1 heterocycles. The number of aryl methyl sites for hydroxylation is 1. The van der Waals surface area contributed by atoms with Gasteiger partial charge in [0.05, 0.1) is 17.8 Å². The van der Waals surface area contributed by atoms with E-state index in [-0.39, 0.29) is 0 Å². The first-order valence-corrected chi connectivity index (χ1v) is 4.67. The Morgan fingerprint density at radius 3 is 3.14 bits per heavy atom. The molecular formula is C7H11ClN4O2. The van der Waals surface area contributed by atoms with Crippen LogP contribution < -0.4 is 5.32 Å². The maximum Gasteiger partial charge on any atom is 0.404 e. The molecule has 14 heavy (non-hydrogen) atoms. The summed E-state index contributed by atoms with van der Waals surface area (Å²) in [5.74, 6) is 0.360. The molecule has 0 aromatic carbocycles. The number of halogens is 1. The first kappa shape index (κ1) is 10.8. The minimum Gasteiger partial charge on any atom is -0.465 e. The molecule has 0 aliphatic carbocycles. The fourth-order valence-electron chi connectivity index (χ4n) is 0.995. The minimum absolute atomic E-state index is 0.360. The van der Waals surface area contributed by atoms with Gasteiger partial charge in [0.2, 0.25) is 0 Å². The van der Waals surface area contributed by atoms with E-state index >= 15 is 0 Å². The molecule has 7 heteroatoms. The highest BCUT2D eigenvalue weighted by Crippen LogP contribution is 2.01. The Morgan fingerprint density at radius 1 is 1.71 bits per heavy atom. The van der Waals surface area contributed by atoms with Crippen molar-refractivity contribution in [2.45, 2.75) is 18.8 Å².